The lowest BCUT2D eigenvalue weighted by molar-refractivity contribution is 0.0950. The van der Waals surface area contributed by atoms with E-state index in [-0.39, 0.29) is 5.91 Å². The largest absolute Gasteiger partial charge is 0.496 e. The van der Waals surface area contributed by atoms with Gasteiger partial charge in [-0.3, -0.25) is 9.89 Å². The minimum Gasteiger partial charge on any atom is -0.496 e. The number of hydrogen-bond acceptors (Lipinski definition) is 4. The van der Waals surface area contributed by atoms with E-state index in [0.717, 1.165) is 32.7 Å². The van der Waals surface area contributed by atoms with Gasteiger partial charge in [0.2, 0.25) is 0 Å². The van der Waals surface area contributed by atoms with E-state index in [1.807, 2.05) is 78.9 Å². The lowest BCUT2D eigenvalue weighted by atomic mass is 10.0. The summed E-state index contributed by atoms with van der Waals surface area (Å²) in [5.41, 5.74) is 5.27. The van der Waals surface area contributed by atoms with Gasteiger partial charge in [0.1, 0.15) is 11.4 Å². The number of rotatable bonds is 5. The fraction of sp³-hybridized carbons (Fsp3) is 0.0385. The van der Waals surface area contributed by atoms with Crippen LogP contribution in [0.2, 0.25) is 0 Å². The lowest BCUT2D eigenvalue weighted by Gasteiger charge is -2.09. The van der Waals surface area contributed by atoms with Crippen molar-refractivity contribution in [2.45, 2.75) is 0 Å². The van der Waals surface area contributed by atoms with Crippen molar-refractivity contribution in [2.24, 2.45) is 5.10 Å². The zero-order valence-electron chi connectivity index (χ0n) is 17.4. The molecule has 0 bridgehead atoms. The zero-order chi connectivity index (χ0) is 21.9. The Hall–Kier alpha value is -4.45. The van der Waals surface area contributed by atoms with Crippen molar-refractivity contribution in [3.63, 3.8) is 0 Å². The first-order valence-corrected chi connectivity index (χ1v) is 10.2. The average molecular weight is 420 g/mol. The summed E-state index contributed by atoms with van der Waals surface area (Å²) in [7, 11) is 1.62. The minimum atomic E-state index is -0.376. The number of aromatic amines is 1. The molecule has 0 radical (unpaired) electrons. The van der Waals surface area contributed by atoms with Gasteiger partial charge in [-0.2, -0.15) is 10.2 Å². The van der Waals surface area contributed by atoms with E-state index in [1.54, 1.807) is 19.4 Å². The molecule has 5 aromatic rings. The number of carbonyl (C=O) groups is 1. The number of ether oxygens (including phenoxy) is 1. The van der Waals surface area contributed by atoms with E-state index < -0.39 is 0 Å². The second kappa shape index (κ2) is 8.35. The molecule has 1 aromatic heterocycles. The van der Waals surface area contributed by atoms with Gasteiger partial charge in [-0.15, -0.1) is 0 Å². The molecule has 32 heavy (non-hydrogen) atoms. The fourth-order valence-corrected chi connectivity index (χ4v) is 3.84. The smallest absolute Gasteiger partial charge is 0.289 e. The van der Waals surface area contributed by atoms with Gasteiger partial charge in [0.15, 0.2) is 0 Å². The highest BCUT2D eigenvalue weighted by Gasteiger charge is 2.16. The van der Waals surface area contributed by atoms with Gasteiger partial charge in [0.25, 0.3) is 5.91 Å². The van der Waals surface area contributed by atoms with Crippen LogP contribution in [0.3, 0.4) is 0 Å². The maximum atomic E-state index is 12.6. The van der Waals surface area contributed by atoms with Gasteiger partial charge in [-0.1, -0.05) is 72.8 Å². The molecule has 5 rings (SSSR count). The number of nitrogens with zero attached hydrogens (tertiary/aromatic N) is 2. The highest BCUT2D eigenvalue weighted by molar-refractivity contribution is 6.02. The Morgan fingerprint density at radius 2 is 1.66 bits per heavy atom. The quantitative estimate of drug-likeness (QED) is 0.305. The maximum absolute atomic E-state index is 12.6. The van der Waals surface area contributed by atoms with Crippen LogP contribution in [-0.2, 0) is 0 Å². The highest BCUT2D eigenvalue weighted by atomic mass is 16.5. The third kappa shape index (κ3) is 3.58. The van der Waals surface area contributed by atoms with E-state index in [4.69, 9.17) is 4.74 Å². The van der Waals surface area contributed by atoms with Crippen molar-refractivity contribution in [1.29, 1.82) is 0 Å². The van der Waals surface area contributed by atoms with Crippen molar-refractivity contribution < 1.29 is 9.53 Å². The van der Waals surface area contributed by atoms with Crippen molar-refractivity contribution >= 4 is 33.7 Å². The summed E-state index contributed by atoms with van der Waals surface area (Å²) in [6.07, 6.45) is 1.64. The first kappa shape index (κ1) is 19.5. The Balaban J connectivity index is 1.40. The minimum absolute atomic E-state index is 0.310. The van der Waals surface area contributed by atoms with E-state index in [2.05, 4.69) is 20.7 Å². The van der Waals surface area contributed by atoms with E-state index in [1.165, 1.54) is 0 Å². The lowest BCUT2D eigenvalue weighted by Crippen LogP contribution is -2.18. The van der Waals surface area contributed by atoms with Crippen molar-refractivity contribution in [1.82, 2.24) is 15.6 Å². The Kier molecular flexibility index (Phi) is 5.09. The molecule has 0 fully saturated rings. The van der Waals surface area contributed by atoms with E-state index >= 15 is 0 Å². The van der Waals surface area contributed by atoms with E-state index in [9.17, 15) is 4.79 Å². The number of aromatic nitrogens is 2. The molecule has 156 valence electrons. The topological polar surface area (TPSA) is 79.4 Å². The van der Waals surface area contributed by atoms with Gasteiger partial charge in [-0.25, -0.2) is 5.43 Å². The molecule has 0 spiro atoms. The predicted octanol–water partition coefficient (Wildman–Crippen LogP) is 5.16. The summed E-state index contributed by atoms with van der Waals surface area (Å²) in [6.45, 7) is 0. The first-order chi connectivity index (χ1) is 15.7. The number of H-pyrrole nitrogens is 1. The fourth-order valence-electron chi connectivity index (χ4n) is 3.84. The third-order valence-corrected chi connectivity index (χ3v) is 5.38. The SMILES string of the molecule is COc1ccc2ccccc2c1-c1cc(C(=O)N/N=C\c2cccc3ccccc23)[nH]n1. The van der Waals surface area contributed by atoms with Crippen LogP contribution in [0, 0.1) is 0 Å². The molecule has 6 nitrogen and oxygen atoms in total. The molecule has 0 saturated carbocycles. The average Bonchev–Trinajstić information content (AvgIpc) is 3.33. The van der Waals surface area contributed by atoms with Gasteiger partial charge >= 0.3 is 0 Å². The number of nitrogens with one attached hydrogen (secondary N) is 2. The van der Waals surface area contributed by atoms with Crippen LogP contribution in [-0.4, -0.2) is 29.4 Å². The van der Waals surface area contributed by atoms with Crippen LogP contribution in [0.15, 0.2) is 90.0 Å². The van der Waals surface area contributed by atoms with Crippen molar-refractivity contribution in [3.8, 4) is 17.0 Å². The molecule has 0 atom stereocenters. The zero-order valence-corrected chi connectivity index (χ0v) is 17.4. The highest BCUT2D eigenvalue weighted by Crippen LogP contribution is 2.36. The predicted molar refractivity (Wildman–Crippen MR) is 127 cm³/mol. The van der Waals surface area contributed by atoms with Gasteiger partial charge in [0, 0.05) is 5.56 Å². The molecule has 0 aliphatic heterocycles. The Labute approximate surface area is 184 Å². The Morgan fingerprint density at radius 3 is 2.47 bits per heavy atom. The number of carbonyl (C=O) groups excluding carboxylic acids is 1. The maximum Gasteiger partial charge on any atom is 0.289 e. The second-order valence-electron chi connectivity index (χ2n) is 7.30. The first-order valence-electron chi connectivity index (χ1n) is 10.2. The van der Waals surface area contributed by atoms with Gasteiger partial charge in [-0.05, 0) is 33.7 Å². The molecule has 6 heteroatoms. The molecule has 1 amide bonds. The standard InChI is InChI=1S/C26H20N4O2/c1-32-24-14-13-18-8-3-5-12-21(18)25(24)22-15-23(29-28-22)26(31)30-27-16-19-10-6-9-17-7-2-4-11-20(17)19/h2-16H,1H3,(H,28,29)(H,30,31)/b27-16-. The monoisotopic (exact) mass is 420 g/mol. The van der Waals surface area contributed by atoms with Crippen LogP contribution in [0.1, 0.15) is 16.1 Å². The van der Waals surface area contributed by atoms with Gasteiger partial charge in [0.05, 0.1) is 24.6 Å². The summed E-state index contributed by atoms with van der Waals surface area (Å²) in [5.74, 6) is 0.315. The van der Waals surface area contributed by atoms with Crippen LogP contribution in [0.5, 0.6) is 5.75 Å². The summed E-state index contributed by atoms with van der Waals surface area (Å²) in [5, 5.41) is 15.6. The number of benzene rings is 4. The molecule has 0 aliphatic rings. The van der Waals surface area contributed by atoms with Gasteiger partial charge < -0.3 is 4.74 Å². The number of hydrazone groups is 1. The molecule has 0 unspecified atom stereocenters. The molecule has 0 saturated heterocycles. The molecule has 0 aliphatic carbocycles. The summed E-state index contributed by atoms with van der Waals surface area (Å²) in [6, 6.07) is 27.6. The summed E-state index contributed by atoms with van der Waals surface area (Å²) < 4.78 is 5.55. The number of methoxy groups -OCH3 is 1. The molecule has 2 N–H and O–H groups in total. The Morgan fingerprint density at radius 1 is 0.938 bits per heavy atom. The number of hydrogen-bond donors (Lipinski definition) is 2. The van der Waals surface area contributed by atoms with Crippen molar-refractivity contribution in [3.05, 3.63) is 96.2 Å². The van der Waals surface area contributed by atoms with Crippen LogP contribution >= 0.6 is 0 Å². The van der Waals surface area contributed by atoms with Crippen LogP contribution < -0.4 is 10.2 Å². The number of amides is 1. The Bertz CT molecular complexity index is 1460. The molecule has 1 heterocycles. The summed E-state index contributed by atoms with van der Waals surface area (Å²) >= 11 is 0. The normalized spacial score (nSPS) is 11.3. The van der Waals surface area contributed by atoms with Crippen LogP contribution in [0.4, 0.5) is 0 Å². The molecule has 4 aromatic carbocycles. The summed E-state index contributed by atoms with van der Waals surface area (Å²) in [4.78, 5) is 12.6. The third-order valence-electron chi connectivity index (χ3n) is 5.38. The second-order valence-corrected chi connectivity index (χ2v) is 7.30. The molecular formula is C26H20N4O2. The number of fused-ring (bicyclic) bond motifs is 2. The molecular weight excluding hydrogens is 400 g/mol. The van der Waals surface area contributed by atoms with Crippen LogP contribution in [0.25, 0.3) is 32.8 Å². The van der Waals surface area contributed by atoms with E-state index in [0.29, 0.717) is 17.1 Å². The van der Waals surface area contributed by atoms with Crippen molar-refractivity contribution in [2.75, 3.05) is 7.11 Å².